The SMILES string of the molecule is CCn1cc(CN2CCOC(c3cc(Cc4cccc(OC)c4)cc(C)n3)C2)c(C)n1. The minimum Gasteiger partial charge on any atom is -0.497 e. The Kier molecular flexibility index (Phi) is 6.68. The summed E-state index contributed by atoms with van der Waals surface area (Å²) >= 11 is 0. The molecule has 0 amide bonds. The van der Waals surface area contributed by atoms with Crippen LogP contribution in [0.25, 0.3) is 0 Å². The highest BCUT2D eigenvalue weighted by Gasteiger charge is 2.24. The Balaban J connectivity index is 1.48. The number of aromatic nitrogens is 3. The van der Waals surface area contributed by atoms with E-state index in [0.29, 0.717) is 6.61 Å². The first-order chi connectivity index (χ1) is 15.0. The highest BCUT2D eigenvalue weighted by atomic mass is 16.5. The molecule has 0 aliphatic carbocycles. The summed E-state index contributed by atoms with van der Waals surface area (Å²) in [4.78, 5) is 7.26. The van der Waals surface area contributed by atoms with Gasteiger partial charge in [0.15, 0.2) is 0 Å². The average molecular weight is 421 g/mol. The Hall–Kier alpha value is -2.70. The Labute approximate surface area is 184 Å². The van der Waals surface area contributed by atoms with Crippen LogP contribution in [-0.4, -0.2) is 46.5 Å². The van der Waals surface area contributed by atoms with Crippen LogP contribution in [0.1, 0.15) is 46.8 Å². The number of pyridine rings is 1. The largest absolute Gasteiger partial charge is 0.497 e. The highest BCUT2D eigenvalue weighted by molar-refractivity contribution is 5.34. The summed E-state index contributed by atoms with van der Waals surface area (Å²) in [6.45, 7) is 10.5. The molecule has 0 spiro atoms. The predicted molar refractivity (Wildman–Crippen MR) is 121 cm³/mol. The summed E-state index contributed by atoms with van der Waals surface area (Å²) < 4.78 is 13.5. The Bertz CT molecular complexity index is 1030. The molecule has 1 fully saturated rings. The molecule has 6 nitrogen and oxygen atoms in total. The Morgan fingerprint density at radius 3 is 2.81 bits per heavy atom. The fourth-order valence-corrected chi connectivity index (χ4v) is 4.20. The van der Waals surface area contributed by atoms with E-state index >= 15 is 0 Å². The zero-order valence-electron chi connectivity index (χ0n) is 19.0. The van der Waals surface area contributed by atoms with Crippen LogP contribution >= 0.6 is 0 Å². The third-order valence-electron chi connectivity index (χ3n) is 5.82. The fourth-order valence-electron chi connectivity index (χ4n) is 4.20. The van der Waals surface area contributed by atoms with Gasteiger partial charge in [-0.15, -0.1) is 0 Å². The van der Waals surface area contributed by atoms with Gasteiger partial charge in [0.25, 0.3) is 0 Å². The van der Waals surface area contributed by atoms with Gasteiger partial charge in [0.1, 0.15) is 11.9 Å². The van der Waals surface area contributed by atoms with Crippen LogP contribution in [0, 0.1) is 13.8 Å². The van der Waals surface area contributed by atoms with Crippen molar-refractivity contribution in [3.8, 4) is 5.75 Å². The van der Waals surface area contributed by atoms with E-state index in [1.807, 2.05) is 16.8 Å². The minimum atomic E-state index is -0.0146. The standard InChI is InChI=1S/C25H32N4O2/c1-5-29-16-22(19(3)27-29)15-28-9-10-31-25(17-28)24-14-21(11-18(2)26-24)12-20-7-6-8-23(13-20)30-4/h6-8,11,13-14,16,25H,5,9-10,12,15,17H2,1-4H3. The van der Waals surface area contributed by atoms with Gasteiger partial charge in [-0.05, 0) is 62.6 Å². The second-order valence-corrected chi connectivity index (χ2v) is 8.26. The van der Waals surface area contributed by atoms with Crippen molar-refractivity contribution in [2.75, 3.05) is 26.8 Å². The number of rotatable bonds is 7. The topological polar surface area (TPSA) is 52.4 Å². The van der Waals surface area contributed by atoms with Gasteiger partial charge in [-0.25, -0.2) is 0 Å². The van der Waals surface area contributed by atoms with Gasteiger partial charge in [0.05, 0.1) is 25.1 Å². The first kappa shape index (κ1) is 21.5. The van der Waals surface area contributed by atoms with E-state index in [-0.39, 0.29) is 6.10 Å². The Morgan fingerprint density at radius 2 is 2.03 bits per heavy atom. The number of methoxy groups -OCH3 is 1. The minimum absolute atomic E-state index is 0.0146. The summed E-state index contributed by atoms with van der Waals surface area (Å²) in [5, 5.41) is 4.58. The van der Waals surface area contributed by atoms with Gasteiger partial charge in [-0.3, -0.25) is 14.6 Å². The van der Waals surface area contributed by atoms with E-state index in [4.69, 9.17) is 14.5 Å². The molecule has 0 saturated carbocycles. The molecule has 1 unspecified atom stereocenters. The van der Waals surface area contributed by atoms with Crippen LogP contribution in [0.15, 0.2) is 42.6 Å². The fraction of sp³-hybridized carbons (Fsp3) is 0.440. The number of morpholine rings is 1. The summed E-state index contributed by atoms with van der Waals surface area (Å²) in [6, 6.07) is 12.6. The van der Waals surface area contributed by atoms with Crippen molar-refractivity contribution in [2.45, 2.75) is 46.4 Å². The van der Waals surface area contributed by atoms with Crippen molar-refractivity contribution in [3.05, 3.63) is 76.4 Å². The normalized spacial score (nSPS) is 17.1. The maximum Gasteiger partial charge on any atom is 0.119 e. The quantitative estimate of drug-likeness (QED) is 0.576. The molecule has 1 aliphatic rings. The summed E-state index contributed by atoms with van der Waals surface area (Å²) in [6.07, 6.45) is 3.00. The number of ether oxygens (including phenoxy) is 2. The zero-order valence-corrected chi connectivity index (χ0v) is 19.0. The van der Waals surface area contributed by atoms with E-state index in [9.17, 15) is 0 Å². The molecule has 164 valence electrons. The lowest BCUT2D eigenvalue weighted by Gasteiger charge is -2.32. The van der Waals surface area contributed by atoms with E-state index in [2.05, 4.69) is 61.2 Å². The smallest absolute Gasteiger partial charge is 0.119 e. The molecule has 3 heterocycles. The van der Waals surface area contributed by atoms with Crippen LogP contribution in [0.2, 0.25) is 0 Å². The first-order valence-corrected chi connectivity index (χ1v) is 11.0. The van der Waals surface area contributed by atoms with Gasteiger partial charge < -0.3 is 9.47 Å². The lowest BCUT2D eigenvalue weighted by molar-refractivity contribution is -0.0351. The molecular formula is C25H32N4O2. The molecule has 1 aromatic carbocycles. The monoisotopic (exact) mass is 420 g/mol. The van der Waals surface area contributed by atoms with Gasteiger partial charge in [-0.1, -0.05) is 12.1 Å². The van der Waals surface area contributed by atoms with Crippen molar-refractivity contribution in [2.24, 2.45) is 0 Å². The van der Waals surface area contributed by atoms with E-state index < -0.39 is 0 Å². The zero-order chi connectivity index (χ0) is 21.8. The second kappa shape index (κ2) is 9.62. The molecule has 0 N–H and O–H groups in total. The predicted octanol–water partition coefficient (Wildman–Crippen LogP) is 4.09. The molecule has 4 rings (SSSR count). The van der Waals surface area contributed by atoms with Crippen LogP contribution in [0.5, 0.6) is 5.75 Å². The number of aryl methyl sites for hydroxylation is 3. The number of hydrogen-bond acceptors (Lipinski definition) is 5. The molecule has 6 heteroatoms. The van der Waals surface area contributed by atoms with E-state index in [1.54, 1.807) is 7.11 Å². The van der Waals surface area contributed by atoms with Crippen molar-refractivity contribution < 1.29 is 9.47 Å². The number of benzene rings is 1. The first-order valence-electron chi connectivity index (χ1n) is 11.0. The van der Waals surface area contributed by atoms with Crippen molar-refractivity contribution in [3.63, 3.8) is 0 Å². The molecular weight excluding hydrogens is 388 g/mol. The molecule has 0 bridgehead atoms. The van der Waals surface area contributed by atoms with Gasteiger partial charge in [0, 0.05) is 43.6 Å². The van der Waals surface area contributed by atoms with Crippen LogP contribution < -0.4 is 4.74 Å². The van der Waals surface area contributed by atoms with Gasteiger partial charge >= 0.3 is 0 Å². The molecule has 1 aliphatic heterocycles. The number of hydrogen-bond donors (Lipinski definition) is 0. The number of nitrogens with zero attached hydrogens (tertiary/aromatic N) is 4. The summed E-state index contributed by atoms with van der Waals surface area (Å²) in [7, 11) is 1.70. The average Bonchev–Trinajstić information content (AvgIpc) is 3.13. The maximum absolute atomic E-state index is 6.14. The highest BCUT2D eigenvalue weighted by Crippen LogP contribution is 2.25. The maximum atomic E-state index is 6.14. The van der Waals surface area contributed by atoms with Gasteiger partial charge in [0.2, 0.25) is 0 Å². The molecule has 1 atom stereocenters. The lowest BCUT2D eigenvalue weighted by atomic mass is 10.0. The third kappa shape index (κ3) is 5.32. The van der Waals surface area contributed by atoms with Crippen molar-refractivity contribution >= 4 is 0 Å². The molecule has 2 aromatic heterocycles. The van der Waals surface area contributed by atoms with Crippen molar-refractivity contribution in [1.82, 2.24) is 19.7 Å². The lowest BCUT2D eigenvalue weighted by Crippen LogP contribution is -2.38. The summed E-state index contributed by atoms with van der Waals surface area (Å²) in [5.74, 6) is 0.886. The molecule has 1 saturated heterocycles. The van der Waals surface area contributed by atoms with Crippen molar-refractivity contribution in [1.29, 1.82) is 0 Å². The Morgan fingerprint density at radius 1 is 1.16 bits per heavy atom. The molecule has 31 heavy (non-hydrogen) atoms. The summed E-state index contributed by atoms with van der Waals surface area (Å²) in [5.41, 5.74) is 6.92. The van der Waals surface area contributed by atoms with Crippen LogP contribution in [0.4, 0.5) is 0 Å². The molecule has 0 radical (unpaired) electrons. The van der Waals surface area contributed by atoms with Crippen LogP contribution in [0.3, 0.4) is 0 Å². The molecule has 3 aromatic rings. The van der Waals surface area contributed by atoms with Crippen LogP contribution in [-0.2, 0) is 24.2 Å². The third-order valence-corrected chi connectivity index (χ3v) is 5.82. The van der Waals surface area contributed by atoms with E-state index in [1.165, 1.54) is 16.7 Å². The van der Waals surface area contributed by atoms with Gasteiger partial charge in [-0.2, -0.15) is 5.10 Å². The van der Waals surface area contributed by atoms with E-state index in [0.717, 1.165) is 55.4 Å². The second-order valence-electron chi connectivity index (χ2n) is 8.26.